The molecule has 0 aliphatic heterocycles. The highest BCUT2D eigenvalue weighted by Gasteiger charge is 2.21. The fourth-order valence-electron chi connectivity index (χ4n) is 2.48. The molecule has 2 aromatic carbocycles. The summed E-state index contributed by atoms with van der Waals surface area (Å²) in [6, 6.07) is 18.2. The van der Waals surface area contributed by atoms with Crippen LogP contribution in [-0.4, -0.2) is 37.9 Å². The molecule has 8 heteroatoms. The van der Waals surface area contributed by atoms with Gasteiger partial charge in [-0.3, -0.25) is 9.63 Å². The fourth-order valence-corrected chi connectivity index (χ4v) is 3.45. The summed E-state index contributed by atoms with van der Waals surface area (Å²) in [5.41, 5.74) is 2.27. The third kappa shape index (κ3) is 5.10. The Morgan fingerprint density at radius 3 is 2.47 bits per heavy atom. The molecule has 0 fully saturated rings. The lowest BCUT2D eigenvalue weighted by Crippen LogP contribution is -2.25. The lowest BCUT2D eigenvalue weighted by atomic mass is 10.1. The van der Waals surface area contributed by atoms with Crippen LogP contribution in [0.2, 0.25) is 0 Å². The highest BCUT2D eigenvalue weighted by atomic mass is 32.2. The lowest BCUT2D eigenvalue weighted by molar-refractivity contribution is -0.0258. The number of carbonyl (C=O) groups excluding carboxylic acids is 1. The molecular weight excluding hydrogens is 402 g/mol. The molecule has 7 nitrogen and oxygen atoms in total. The number of amides is 1. The number of hydrogen-bond acceptors (Lipinski definition) is 5. The summed E-state index contributed by atoms with van der Waals surface area (Å²) in [5.74, 6) is 5.60. The number of rotatable bonds is 5. The van der Waals surface area contributed by atoms with E-state index >= 15 is 0 Å². The standard InChI is InChI=1S/C22H19N3O4S/c1-25(29-2)30(27,28)21-13-10-18(11-14-21)22(26)24-20-8-5-6-17(16-20)9-12-19-7-3-4-15-23-19/h3-8,10-11,13-16H,1-2H3,(H,24,26). The van der Waals surface area contributed by atoms with E-state index in [0.29, 0.717) is 16.9 Å². The quantitative estimate of drug-likeness (QED) is 0.506. The minimum absolute atomic E-state index is 0.0233. The lowest BCUT2D eigenvalue weighted by Gasteiger charge is -2.14. The normalized spacial score (nSPS) is 10.9. The van der Waals surface area contributed by atoms with Gasteiger partial charge in [-0.15, -0.1) is 0 Å². The first-order chi connectivity index (χ1) is 14.4. The van der Waals surface area contributed by atoms with E-state index in [1.807, 2.05) is 24.3 Å². The van der Waals surface area contributed by atoms with Crippen LogP contribution in [0, 0.1) is 11.8 Å². The van der Waals surface area contributed by atoms with Crippen LogP contribution in [0.1, 0.15) is 21.6 Å². The van der Waals surface area contributed by atoms with Gasteiger partial charge in [0, 0.05) is 30.1 Å². The van der Waals surface area contributed by atoms with Crippen molar-refractivity contribution in [3.05, 3.63) is 89.7 Å². The van der Waals surface area contributed by atoms with Crippen molar-refractivity contribution in [2.45, 2.75) is 4.90 Å². The molecular formula is C22H19N3O4S. The minimum atomic E-state index is -3.77. The van der Waals surface area contributed by atoms with Crippen LogP contribution in [-0.2, 0) is 14.9 Å². The number of pyridine rings is 1. The van der Waals surface area contributed by atoms with Crippen LogP contribution in [0.5, 0.6) is 0 Å². The van der Waals surface area contributed by atoms with Crippen LogP contribution in [0.4, 0.5) is 5.69 Å². The van der Waals surface area contributed by atoms with Gasteiger partial charge in [-0.05, 0) is 60.5 Å². The summed E-state index contributed by atoms with van der Waals surface area (Å²) in [7, 11) is -1.22. The van der Waals surface area contributed by atoms with E-state index in [1.54, 1.807) is 24.4 Å². The van der Waals surface area contributed by atoms with E-state index < -0.39 is 10.0 Å². The van der Waals surface area contributed by atoms with Crippen LogP contribution in [0.3, 0.4) is 0 Å². The van der Waals surface area contributed by atoms with Crippen molar-refractivity contribution in [2.75, 3.05) is 19.5 Å². The Kier molecular flexibility index (Phi) is 6.59. The van der Waals surface area contributed by atoms with E-state index in [1.165, 1.54) is 38.4 Å². The summed E-state index contributed by atoms with van der Waals surface area (Å²) in [5, 5.41) is 2.78. The van der Waals surface area contributed by atoms with Crippen LogP contribution in [0.25, 0.3) is 0 Å². The van der Waals surface area contributed by atoms with Gasteiger partial charge in [0.2, 0.25) is 0 Å². The number of hydroxylamine groups is 1. The van der Waals surface area contributed by atoms with Gasteiger partial charge in [0.15, 0.2) is 0 Å². The van der Waals surface area contributed by atoms with Gasteiger partial charge in [0.1, 0.15) is 5.69 Å². The number of nitrogens with one attached hydrogen (secondary N) is 1. The van der Waals surface area contributed by atoms with Crippen molar-refractivity contribution >= 4 is 21.6 Å². The second-order valence-electron chi connectivity index (χ2n) is 6.12. The Morgan fingerprint density at radius 2 is 1.80 bits per heavy atom. The van der Waals surface area contributed by atoms with Gasteiger partial charge in [-0.2, -0.15) is 0 Å². The molecule has 1 heterocycles. The summed E-state index contributed by atoms with van der Waals surface area (Å²) in [6.07, 6.45) is 1.67. The number of benzene rings is 2. The number of anilines is 1. The molecule has 0 radical (unpaired) electrons. The van der Waals surface area contributed by atoms with Crippen molar-refractivity contribution in [3.8, 4) is 11.8 Å². The number of hydrogen-bond donors (Lipinski definition) is 1. The number of aromatic nitrogens is 1. The molecule has 1 N–H and O–H groups in total. The van der Waals surface area contributed by atoms with Gasteiger partial charge in [-0.25, -0.2) is 13.4 Å². The monoisotopic (exact) mass is 421 g/mol. The largest absolute Gasteiger partial charge is 0.322 e. The third-order valence-electron chi connectivity index (χ3n) is 4.13. The molecule has 0 atom stereocenters. The molecule has 30 heavy (non-hydrogen) atoms. The highest BCUT2D eigenvalue weighted by Crippen LogP contribution is 2.17. The van der Waals surface area contributed by atoms with E-state index in [-0.39, 0.29) is 10.8 Å². The molecule has 0 aliphatic carbocycles. The predicted molar refractivity (Wildman–Crippen MR) is 113 cm³/mol. The minimum Gasteiger partial charge on any atom is -0.322 e. The fraction of sp³-hybridized carbons (Fsp3) is 0.0909. The Balaban J connectivity index is 1.73. The zero-order valence-electron chi connectivity index (χ0n) is 16.4. The first-order valence-electron chi connectivity index (χ1n) is 8.88. The molecule has 0 spiro atoms. The van der Waals surface area contributed by atoms with Gasteiger partial charge in [0.05, 0.1) is 12.0 Å². The van der Waals surface area contributed by atoms with Crippen LogP contribution < -0.4 is 5.32 Å². The maximum Gasteiger partial charge on any atom is 0.264 e. The molecule has 1 aromatic heterocycles. The second kappa shape index (κ2) is 9.33. The molecule has 0 saturated carbocycles. The molecule has 152 valence electrons. The zero-order chi connectivity index (χ0) is 21.6. The summed E-state index contributed by atoms with van der Waals surface area (Å²) in [4.78, 5) is 21.4. The maximum atomic E-state index is 12.5. The van der Waals surface area contributed by atoms with Crippen molar-refractivity contribution in [2.24, 2.45) is 0 Å². The highest BCUT2D eigenvalue weighted by molar-refractivity contribution is 7.89. The number of carbonyl (C=O) groups is 1. The van der Waals surface area contributed by atoms with E-state index in [4.69, 9.17) is 4.84 Å². The van der Waals surface area contributed by atoms with Crippen LogP contribution >= 0.6 is 0 Å². The van der Waals surface area contributed by atoms with Crippen LogP contribution in [0.15, 0.2) is 77.8 Å². The Labute approximate surface area is 175 Å². The second-order valence-corrected chi connectivity index (χ2v) is 8.06. The molecule has 0 aliphatic rings. The average Bonchev–Trinajstić information content (AvgIpc) is 2.78. The summed E-state index contributed by atoms with van der Waals surface area (Å²) < 4.78 is 25.2. The van der Waals surface area contributed by atoms with E-state index in [2.05, 4.69) is 22.1 Å². The Bertz CT molecular complexity index is 1200. The SMILES string of the molecule is CON(C)S(=O)(=O)c1ccc(C(=O)Nc2cccc(C#Cc3ccccn3)c2)cc1. The van der Waals surface area contributed by atoms with Gasteiger partial charge in [-0.1, -0.05) is 22.5 Å². The molecule has 1 amide bonds. The summed E-state index contributed by atoms with van der Waals surface area (Å²) >= 11 is 0. The molecule has 3 aromatic rings. The zero-order valence-corrected chi connectivity index (χ0v) is 17.2. The van der Waals surface area contributed by atoms with Gasteiger partial charge >= 0.3 is 0 Å². The predicted octanol–water partition coefficient (Wildman–Crippen LogP) is 2.92. The molecule has 0 saturated heterocycles. The summed E-state index contributed by atoms with van der Waals surface area (Å²) in [6.45, 7) is 0. The topological polar surface area (TPSA) is 88.6 Å². The van der Waals surface area contributed by atoms with E-state index in [9.17, 15) is 13.2 Å². The third-order valence-corrected chi connectivity index (χ3v) is 5.82. The number of sulfonamides is 1. The van der Waals surface area contributed by atoms with Gasteiger partial charge < -0.3 is 5.32 Å². The van der Waals surface area contributed by atoms with Gasteiger partial charge in [0.25, 0.3) is 15.9 Å². The average molecular weight is 421 g/mol. The van der Waals surface area contributed by atoms with Crippen molar-refractivity contribution in [1.82, 2.24) is 9.45 Å². The number of nitrogens with zero attached hydrogens (tertiary/aromatic N) is 2. The Hall–Kier alpha value is -3.51. The van der Waals surface area contributed by atoms with E-state index in [0.717, 1.165) is 10.0 Å². The smallest absolute Gasteiger partial charge is 0.264 e. The molecule has 0 bridgehead atoms. The Morgan fingerprint density at radius 1 is 1.03 bits per heavy atom. The molecule has 3 rings (SSSR count). The van der Waals surface area contributed by atoms with Crippen molar-refractivity contribution < 1.29 is 18.0 Å². The first-order valence-corrected chi connectivity index (χ1v) is 10.3. The first kappa shape index (κ1) is 21.2. The maximum absolute atomic E-state index is 12.5. The molecule has 0 unspecified atom stereocenters. The van der Waals surface area contributed by atoms with Crippen molar-refractivity contribution in [1.29, 1.82) is 0 Å². The van der Waals surface area contributed by atoms with Crippen molar-refractivity contribution in [3.63, 3.8) is 0 Å².